The molecular weight excluding hydrogens is 440 g/mol. The molecule has 1 aromatic rings. The Bertz CT molecular complexity index is 983. The molecule has 3 rings (SSSR count). The first-order valence-electron chi connectivity index (χ1n) is 8.75. The molecule has 0 aromatic heterocycles. The van der Waals surface area contributed by atoms with Gasteiger partial charge in [-0.25, -0.2) is 13.4 Å². The molecule has 2 unspecified atom stereocenters. The number of nitrogens with zero attached hydrogens (tertiary/aromatic N) is 1. The predicted molar refractivity (Wildman–Crippen MR) is 93.5 cm³/mol. The summed E-state index contributed by atoms with van der Waals surface area (Å²) in [7, 11) is -4.21. The van der Waals surface area contributed by atoms with Gasteiger partial charge in [0, 0.05) is 12.7 Å². The Hall–Kier alpha value is -2.08. The van der Waals surface area contributed by atoms with Crippen LogP contribution >= 0.6 is 0 Å². The lowest BCUT2D eigenvalue weighted by atomic mass is 9.92. The smallest absolute Gasteiger partial charge is 0.388 e. The second-order valence-electron chi connectivity index (χ2n) is 7.21. The molecule has 0 saturated carbocycles. The number of benzene rings is 1. The Morgan fingerprint density at radius 1 is 1.20 bits per heavy atom. The first-order valence-corrected chi connectivity index (χ1v) is 10.2. The van der Waals surface area contributed by atoms with E-state index in [0.29, 0.717) is 11.6 Å². The van der Waals surface area contributed by atoms with Crippen LogP contribution in [0.1, 0.15) is 25.3 Å². The lowest BCUT2D eigenvalue weighted by Crippen LogP contribution is -2.45. The summed E-state index contributed by atoms with van der Waals surface area (Å²) in [6.07, 6.45) is -9.57. The van der Waals surface area contributed by atoms with Gasteiger partial charge in [-0.2, -0.15) is 13.2 Å². The summed E-state index contributed by atoms with van der Waals surface area (Å²) in [5.74, 6) is -0.658. The molecule has 166 valence electrons. The topological polar surface area (TPSA) is 65.0 Å². The van der Waals surface area contributed by atoms with E-state index in [9.17, 15) is 34.8 Å². The summed E-state index contributed by atoms with van der Waals surface area (Å²) < 4.78 is 110. The lowest BCUT2D eigenvalue weighted by molar-refractivity contribution is -0.282. The molecule has 0 spiro atoms. The van der Waals surface area contributed by atoms with Crippen molar-refractivity contribution in [2.75, 3.05) is 13.2 Å². The van der Waals surface area contributed by atoms with Crippen LogP contribution in [0.25, 0.3) is 0 Å². The van der Waals surface area contributed by atoms with Crippen LogP contribution in [0.4, 0.5) is 26.3 Å². The van der Waals surface area contributed by atoms with Gasteiger partial charge in [-0.3, -0.25) is 0 Å². The number of hydrogen-bond acceptors (Lipinski definition) is 5. The van der Waals surface area contributed by atoms with Crippen LogP contribution < -0.4 is 0 Å². The molecule has 12 heteroatoms. The molecule has 2 atom stereocenters. The standard InChI is InChI=1S/C18H17F6NO4S/c1-16(30(26,27)13-4-2-3-12(8-13)17(19,20)21)5-6-28-14(9-16)11-7-15(25-10-11)29-18(22,23)24/h2-4,7-8,14H,5-6,9-10H2,1H3. The average molecular weight is 457 g/mol. The van der Waals surface area contributed by atoms with Crippen LogP contribution in [-0.4, -0.2) is 44.7 Å². The van der Waals surface area contributed by atoms with Gasteiger partial charge in [-0.15, -0.1) is 13.2 Å². The van der Waals surface area contributed by atoms with Crippen LogP contribution in [0, 0.1) is 0 Å². The highest BCUT2D eigenvalue weighted by atomic mass is 32.2. The molecule has 0 N–H and O–H groups in total. The zero-order valence-corrected chi connectivity index (χ0v) is 16.4. The fourth-order valence-corrected chi connectivity index (χ4v) is 5.20. The molecule has 1 saturated heterocycles. The Morgan fingerprint density at radius 2 is 1.90 bits per heavy atom. The quantitative estimate of drug-likeness (QED) is 0.636. The monoisotopic (exact) mass is 457 g/mol. The van der Waals surface area contributed by atoms with E-state index in [0.717, 1.165) is 24.3 Å². The lowest BCUT2D eigenvalue weighted by Gasteiger charge is -2.38. The fraction of sp³-hybridized carbons (Fsp3) is 0.500. The summed E-state index contributed by atoms with van der Waals surface area (Å²) in [4.78, 5) is 3.14. The van der Waals surface area contributed by atoms with Gasteiger partial charge < -0.3 is 9.47 Å². The van der Waals surface area contributed by atoms with Crippen molar-refractivity contribution < 1.29 is 44.2 Å². The van der Waals surface area contributed by atoms with Crippen molar-refractivity contribution in [3.63, 3.8) is 0 Å². The van der Waals surface area contributed by atoms with Crippen molar-refractivity contribution in [2.24, 2.45) is 4.99 Å². The van der Waals surface area contributed by atoms with Crippen molar-refractivity contribution in [1.82, 2.24) is 0 Å². The van der Waals surface area contributed by atoms with E-state index in [4.69, 9.17) is 4.74 Å². The third-order valence-electron chi connectivity index (χ3n) is 5.05. The molecule has 1 fully saturated rings. The molecule has 5 nitrogen and oxygen atoms in total. The Labute approximate surface area is 168 Å². The van der Waals surface area contributed by atoms with Crippen molar-refractivity contribution in [2.45, 2.75) is 48.1 Å². The van der Waals surface area contributed by atoms with Crippen LogP contribution in [0.5, 0.6) is 0 Å². The summed E-state index contributed by atoms with van der Waals surface area (Å²) in [6, 6.07) is 3.47. The number of halogens is 6. The highest BCUT2D eigenvalue weighted by Crippen LogP contribution is 2.40. The normalized spacial score (nSPS) is 25.6. The average Bonchev–Trinajstić information content (AvgIpc) is 3.07. The molecule has 2 aliphatic heterocycles. The van der Waals surface area contributed by atoms with Gasteiger partial charge in [0.05, 0.1) is 27.9 Å². The Balaban J connectivity index is 1.84. The molecule has 0 amide bonds. The number of hydrogen-bond donors (Lipinski definition) is 0. The third-order valence-corrected chi connectivity index (χ3v) is 7.59. The first-order chi connectivity index (χ1) is 13.7. The predicted octanol–water partition coefficient (Wildman–Crippen LogP) is 4.29. The van der Waals surface area contributed by atoms with Gasteiger partial charge >= 0.3 is 12.5 Å². The number of sulfone groups is 1. The molecular formula is C18H17F6NO4S. The zero-order valence-electron chi connectivity index (χ0n) is 15.5. The summed E-state index contributed by atoms with van der Waals surface area (Å²) in [5, 5.41) is 0. The minimum atomic E-state index is -4.92. The van der Waals surface area contributed by atoms with Gasteiger partial charge in [0.1, 0.15) is 0 Å². The second kappa shape index (κ2) is 7.56. The molecule has 2 aliphatic rings. The van der Waals surface area contributed by atoms with Crippen LogP contribution in [0.2, 0.25) is 0 Å². The molecule has 0 bridgehead atoms. The number of rotatable bonds is 3. The minimum absolute atomic E-state index is 0.0160. The third kappa shape index (κ3) is 4.64. The van der Waals surface area contributed by atoms with Crippen LogP contribution in [0.3, 0.4) is 0 Å². The first kappa shape index (κ1) is 22.6. The molecule has 30 heavy (non-hydrogen) atoms. The summed E-state index contributed by atoms with van der Waals surface area (Å²) >= 11 is 0. The second-order valence-corrected chi connectivity index (χ2v) is 9.68. The van der Waals surface area contributed by atoms with E-state index in [1.165, 1.54) is 6.92 Å². The van der Waals surface area contributed by atoms with E-state index in [1.54, 1.807) is 0 Å². The highest BCUT2D eigenvalue weighted by Gasteiger charge is 2.46. The maximum absolute atomic E-state index is 13.2. The summed E-state index contributed by atoms with van der Waals surface area (Å²) in [5.41, 5.74) is -0.781. The maximum Gasteiger partial charge on any atom is 0.574 e. The maximum atomic E-state index is 13.2. The van der Waals surface area contributed by atoms with E-state index in [2.05, 4.69) is 9.73 Å². The van der Waals surface area contributed by atoms with Crippen LogP contribution in [-0.2, 0) is 25.5 Å². The highest BCUT2D eigenvalue weighted by molar-refractivity contribution is 7.92. The number of ether oxygens (including phenoxy) is 2. The molecule has 2 heterocycles. The summed E-state index contributed by atoms with van der Waals surface area (Å²) in [6.45, 7) is 1.20. The number of aliphatic imine (C=N–C) groups is 1. The van der Waals surface area contributed by atoms with Gasteiger partial charge in [0.15, 0.2) is 9.84 Å². The SMILES string of the molecule is CC1(S(=O)(=O)c2cccc(C(F)(F)F)c2)CCOC(C2=CC(OC(F)(F)F)=NC2)C1. The van der Waals surface area contributed by atoms with Gasteiger partial charge in [-0.05, 0) is 43.5 Å². The van der Waals surface area contributed by atoms with Crippen molar-refractivity contribution in [1.29, 1.82) is 0 Å². The number of alkyl halides is 6. The van der Waals surface area contributed by atoms with E-state index < -0.39 is 49.6 Å². The Kier molecular flexibility index (Phi) is 5.69. The van der Waals surface area contributed by atoms with Crippen molar-refractivity contribution in [3.05, 3.63) is 41.5 Å². The van der Waals surface area contributed by atoms with Gasteiger partial charge in [0.25, 0.3) is 0 Å². The molecule has 0 radical (unpaired) electrons. The molecule has 0 aliphatic carbocycles. The van der Waals surface area contributed by atoms with E-state index in [-0.39, 0.29) is 26.0 Å². The van der Waals surface area contributed by atoms with Crippen LogP contribution in [0.15, 0.2) is 45.8 Å². The minimum Gasteiger partial charge on any atom is -0.388 e. The van der Waals surface area contributed by atoms with Gasteiger partial charge in [0.2, 0.25) is 5.90 Å². The van der Waals surface area contributed by atoms with E-state index >= 15 is 0 Å². The van der Waals surface area contributed by atoms with Crippen molar-refractivity contribution >= 4 is 15.7 Å². The largest absolute Gasteiger partial charge is 0.574 e. The zero-order chi connectivity index (χ0) is 22.4. The van der Waals surface area contributed by atoms with Crippen molar-refractivity contribution in [3.8, 4) is 0 Å². The van der Waals surface area contributed by atoms with Gasteiger partial charge in [-0.1, -0.05) is 6.07 Å². The fourth-order valence-electron chi connectivity index (χ4n) is 3.37. The Morgan fingerprint density at radius 3 is 2.53 bits per heavy atom. The molecule has 1 aromatic carbocycles. The van der Waals surface area contributed by atoms with E-state index in [1.807, 2.05) is 0 Å².